The van der Waals surface area contributed by atoms with Gasteiger partial charge >= 0.3 is 0 Å². The van der Waals surface area contributed by atoms with Gasteiger partial charge in [-0.1, -0.05) is 36.0 Å². The average molecular weight is 290 g/mol. The fourth-order valence-electron chi connectivity index (χ4n) is 1.99. The zero-order valence-electron chi connectivity index (χ0n) is 10.5. The predicted octanol–water partition coefficient (Wildman–Crippen LogP) is 3.49. The fourth-order valence-corrected chi connectivity index (χ4v) is 3.88. The van der Waals surface area contributed by atoms with Crippen molar-refractivity contribution in [3.05, 3.63) is 52.7 Å². The van der Waals surface area contributed by atoms with Crippen LogP contribution in [0.2, 0.25) is 0 Å². The summed E-state index contributed by atoms with van der Waals surface area (Å²) in [6.07, 6.45) is 1.95. The lowest BCUT2D eigenvalue weighted by Gasteiger charge is -2.04. The highest BCUT2D eigenvalue weighted by Gasteiger charge is 2.13. The molecule has 0 bridgehead atoms. The maximum atomic E-state index is 9.51. The van der Waals surface area contributed by atoms with E-state index in [1.165, 1.54) is 11.1 Å². The average Bonchev–Trinajstić information content (AvgIpc) is 2.97. The number of hydrogen-bond acceptors (Lipinski definition) is 4. The Balaban J connectivity index is 1.85. The van der Waals surface area contributed by atoms with Gasteiger partial charge in [0.05, 0.1) is 12.3 Å². The molecule has 0 radical (unpaired) electrons. The Bertz CT molecular complexity index is 702. The van der Waals surface area contributed by atoms with Gasteiger partial charge in [-0.05, 0) is 18.1 Å². The number of thiazole rings is 1. The zero-order chi connectivity index (χ0) is 13.2. The summed E-state index contributed by atoms with van der Waals surface area (Å²) in [7, 11) is 0. The van der Waals surface area contributed by atoms with Crippen molar-refractivity contribution in [2.45, 2.75) is 24.3 Å². The van der Waals surface area contributed by atoms with Crippen molar-refractivity contribution < 1.29 is 5.11 Å². The van der Waals surface area contributed by atoms with E-state index in [4.69, 9.17) is 0 Å². The summed E-state index contributed by atoms with van der Waals surface area (Å²) in [4.78, 5) is 5.51. The summed E-state index contributed by atoms with van der Waals surface area (Å²) in [5.41, 5.74) is 3.49. The quantitative estimate of drug-likeness (QED) is 0.747. The van der Waals surface area contributed by atoms with Crippen LogP contribution >= 0.6 is 23.1 Å². The number of aliphatic hydroxyl groups is 1. The first-order valence-electron chi connectivity index (χ1n) is 6.02. The molecule has 1 N–H and O–H groups in total. The van der Waals surface area contributed by atoms with E-state index in [1.807, 2.05) is 16.0 Å². The first-order chi connectivity index (χ1) is 9.29. The van der Waals surface area contributed by atoms with E-state index in [9.17, 15) is 5.11 Å². The number of thioether (sulfide) groups is 1. The number of benzene rings is 1. The first-order valence-corrected chi connectivity index (χ1v) is 7.88. The van der Waals surface area contributed by atoms with Crippen LogP contribution in [0.3, 0.4) is 0 Å². The molecule has 1 aromatic carbocycles. The second-order valence-corrected chi connectivity index (χ2v) is 6.13. The molecular formula is C14H14N2OS2. The number of aryl methyl sites for hydroxylation is 1. The van der Waals surface area contributed by atoms with Gasteiger partial charge in [0.15, 0.2) is 4.96 Å². The Hall–Kier alpha value is -1.30. The number of hydrogen-bond donors (Lipinski definition) is 1. The van der Waals surface area contributed by atoms with Crippen molar-refractivity contribution in [3.63, 3.8) is 0 Å². The Morgan fingerprint density at radius 3 is 3.00 bits per heavy atom. The van der Waals surface area contributed by atoms with Gasteiger partial charge in [0, 0.05) is 17.3 Å². The number of rotatable bonds is 4. The van der Waals surface area contributed by atoms with E-state index in [1.54, 1.807) is 23.1 Å². The third kappa shape index (κ3) is 2.41. The van der Waals surface area contributed by atoms with Gasteiger partial charge < -0.3 is 5.11 Å². The first kappa shape index (κ1) is 12.7. The topological polar surface area (TPSA) is 37.5 Å². The summed E-state index contributed by atoms with van der Waals surface area (Å²) in [5, 5.41) is 12.4. The van der Waals surface area contributed by atoms with Crippen molar-refractivity contribution >= 4 is 28.1 Å². The molecule has 0 saturated heterocycles. The maximum absolute atomic E-state index is 9.51. The smallest absolute Gasteiger partial charge is 0.195 e. The standard InChI is InChI=1S/C14H14N2OS2/c1-10-4-2-3-5-11(10)9-19-13-12(8-17)16-6-7-18-14(16)15-13/h2-7,17H,8-9H2,1H3. The summed E-state index contributed by atoms with van der Waals surface area (Å²) < 4.78 is 1.96. The minimum Gasteiger partial charge on any atom is -0.390 e. The van der Waals surface area contributed by atoms with Crippen LogP contribution in [0.1, 0.15) is 16.8 Å². The van der Waals surface area contributed by atoms with Crippen LogP contribution in [0.25, 0.3) is 4.96 Å². The molecule has 5 heteroatoms. The SMILES string of the molecule is Cc1ccccc1CSc1nc2sccn2c1CO. The Labute approximate surface area is 119 Å². The van der Waals surface area contributed by atoms with Gasteiger partial charge in [-0.15, -0.1) is 11.3 Å². The van der Waals surface area contributed by atoms with Gasteiger partial charge in [-0.2, -0.15) is 0 Å². The Morgan fingerprint density at radius 1 is 1.37 bits per heavy atom. The summed E-state index contributed by atoms with van der Waals surface area (Å²) in [6, 6.07) is 8.37. The van der Waals surface area contributed by atoms with Crippen molar-refractivity contribution in [2.75, 3.05) is 0 Å². The highest BCUT2D eigenvalue weighted by Crippen LogP contribution is 2.29. The van der Waals surface area contributed by atoms with Crippen LogP contribution in [-0.2, 0) is 12.4 Å². The van der Waals surface area contributed by atoms with Crippen molar-refractivity contribution in [2.24, 2.45) is 0 Å². The molecule has 2 heterocycles. The van der Waals surface area contributed by atoms with Crippen molar-refractivity contribution in [1.82, 2.24) is 9.38 Å². The molecule has 2 aromatic heterocycles. The number of aromatic nitrogens is 2. The predicted molar refractivity (Wildman–Crippen MR) is 79.7 cm³/mol. The lowest BCUT2D eigenvalue weighted by Crippen LogP contribution is -1.92. The molecule has 3 aromatic rings. The third-order valence-electron chi connectivity index (χ3n) is 3.10. The molecule has 0 amide bonds. The van der Waals surface area contributed by atoms with Crippen molar-refractivity contribution in [3.8, 4) is 0 Å². The molecule has 0 aliphatic heterocycles. The van der Waals surface area contributed by atoms with Crippen LogP contribution in [0.5, 0.6) is 0 Å². The lowest BCUT2D eigenvalue weighted by atomic mass is 10.1. The van der Waals surface area contributed by atoms with E-state index < -0.39 is 0 Å². The van der Waals surface area contributed by atoms with E-state index in [0.717, 1.165) is 21.4 Å². The molecule has 0 fully saturated rings. The molecule has 0 spiro atoms. The van der Waals surface area contributed by atoms with Crippen LogP contribution in [0.15, 0.2) is 40.9 Å². The van der Waals surface area contributed by atoms with Gasteiger partial charge in [-0.3, -0.25) is 4.40 Å². The second kappa shape index (κ2) is 5.36. The molecule has 0 saturated carbocycles. The van der Waals surface area contributed by atoms with Crippen LogP contribution in [0.4, 0.5) is 0 Å². The van der Waals surface area contributed by atoms with Crippen LogP contribution in [-0.4, -0.2) is 14.5 Å². The van der Waals surface area contributed by atoms with Gasteiger partial charge in [-0.25, -0.2) is 4.98 Å². The number of imidazole rings is 1. The molecule has 98 valence electrons. The van der Waals surface area contributed by atoms with E-state index in [-0.39, 0.29) is 6.61 Å². The largest absolute Gasteiger partial charge is 0.390 e. The van der Waals surface area contributed by atoms with Crippen LogP contribution in [0, 0.1) is 6.92 Å². The van der Waals surface area contributed by atoms with E-state index in [2.05, 4.69) is 36.2 Å². The Kier molecular flexibility index (Phi) is 3.59. The summed E-state index contributed by atoms with van der Waals surface area (Å²) in [5.74, 6) is 0.879. The minimum atomic E-state index is 0.0218. The van der Waals surface area contributed by atoms with E-state index >= 15 is 0 Å². The molecule has 0 aliphatic carbocycles. The summed E-state index contributed by atoms with van der Waals surface area (Å²) >= 11 is 3.27. The highest BCUT2D eigenvalue weighted by atomic mass is 32.2. The zero-order valence-corrected chi connectivity index (χ0v) is 12.2. The molecule has 0 aliphatic rings. The van der Waals surface area contributed by atoms with Crippen molar-refractivity contribution in [1.29, 1.82) is 0 Å². The monoisotopic (exact) mass is 290 g/mol. The minimum absolute atomic E-state index is 0.0218. The maximum Gasteiger partial charge on any atom is 0.195 e. The van der Waals surface area contributed by atoms with Gasteiger partial charge in [0.2, 0.25) is 0 Å². The molecule has 0 atom stereocenters. The molecule has 3 rings (SSSR count). The van der Waals surface area contributed by atoms with Gasteiger partial charge in [0.25, 0.3) is 0 Å². The van der Waals surface area contributed by atoms with Crippen LogP contribution < -0.4 is 0 Å². The molecule has 19 heavy (non-hydrogen) atoms. The molecule has 3 nitrogen and oxygen atoms in total. The molecular weight excluding hydrogens is 276 g/mol. The third-order valence-corrected chi connectivity index (χ3v) is 4.91. The fraction of sp³-hybridized carbons (Fsp3) is 0.214. The molecule has 0 unspecified atom stereocenters. The second-order valence-electron chi connectivity index (χ2n) is 4.29. The summed E-state index contributed by atoms with van der Waals surface area (Å²) in [6.45, 7) is 2.14. The number of aliphatic hydroxyl groups excluding tert-OH is 1. The highest BCUT2D eigenvalue weighted by molar-refractivity contribution is 7.98. The normalized spacial score (nSPS) is 11.3. The van der Waals surface area contributed by atoms with Gasteiger partial charge in [0.1, 0.15) is 5.03 Å². The Morgan fingerprint density at radius 2 is 2.21 bits per heavy atom. The van der Waals surface area contributed by atoms with E-state index in [0.29, 0.717) is 0 Å². The lowest BCUT2D eigenvalue weighted by molar-refractivity contribution is 0.272. The number of fused-ring (bicyclic) bond motifs is 1. The number of nitrogens with zero attached hydrogens (tertiary/aromatic N) is 2.